The first-order valence-corrected chi connectivity index (χ1v) is 11.7. The Morgan fingerprint density at radius 3 is 2.21 bits per heavy atom. The lowest BCUT2D eigenvalue weighted by molar-refractivity contribution is -0.141. The summed E-state index contributed by atoms with van der Waals surface area (Å²) >= 11 is 0. The summed E-state index contributed by atoms with van der Waals surface area (Å²) < 4.78 is 10.9. The summed E-state index contributed by atoms with van der Waals surface area (Å²) in [6.07, 6.45) is 5.82. The summed E-state index contributed by atoms with van der Waals surface area (Å²) in [7, 11) is 1.59. The Morgan fingerprint density at radius 1 is 0.970 bits per heavy atom. The molecule has 1 saturated carbocycles. The number of benzene rings is 2. The minimum Gasteiger partial charge on any atom is -0.507 e. The van der Waals surface area contributed by atoms with Crippen molar-refractivity contribution in [1.82, 2.24) is 4.90 Å². The Labute approximate surface area is 194 Å². The molecular formula is C27H31NO5. The van der Waals surface area contributed by atoms with E-state index in [0.29, 0.717) is 23.7 Å². The Balaban J connectivity index is 1.77. The van der Waals surface area contributed by atoms with Crippen LogP contribution in [0.2, 0.25) is 0 Å². The molecule has 1 aliphatic carbocycles. The number of carbonyl (C=O) groups excluding carboxylic acids is 2. The summed E-state index contributed by atoms with van der Waals surface area (Å²) in [5, 5.41) is 11.2. The molecular weight excluding hydrogens is 418 g/mol. The third-order valence-corrected chi connectivity index (χ3v) is 6.48. The SMILES string of the molecule is CCCOc1ccc(/C(O)=C2/C(=O)C(=O)N(C3CCCCC3)C2c2ccc(OC)cc2)cc1. The third kappa shape index (κ3) is 4.61. The van der Waals surface area contributed by atoms with Crippen LogP contribution in [0.5, 0.6) is 11.5 Å². The van der Waals surface area contributed by atoms with E-state index in [1.165, 1.54) is 0 Å². The Morgan fingerprint density at radius 2 is 1.61 bits per heavy atom. The highest BCUT2D eigenvalue weighted by Crippen LogP contribution is 2.43. The van der Waals surface area contributed by atoms with E-state index < -0.39 is 17.7 Å². The number of likely N-dealkylation sites (tertiary alicyclic amines) is 1. The molecule has 1 heterocycles. The summed E-state index contributed by atoms with van der Waals surface area (Å²) in [6.45, 7) is 2.64. The number of amides is 1. The monoisotopic (exact) mass is 449 g/mol. The summed E-state index contributed by atoms with van der Waals surface area (Å²) in [5.41, 5.74) is 1.40. The largest absolute Gasteiger partial charge is 0.507 e. The number of hydrogen-bond acceptors (Lipinski definition) is 5. The fourth-order valence-corrected chi connectivity index (χ4v) is 4.78. The van der Waals surface area contributed by atoms with Crippen molar-refractivity contribution in [3.63, 3.8) is 0 Å². The van der Waals surface area contributed by atoms with E-state index in [0.717, 1.165) is 44.1 Å². The molecule has 1 N–H and O–H groups in total. The number of aliphatic hydroxyl groups is 1. The van der Waals surface area contributed by atoms with Crippen LogP contribution < -0.4 is 9.47 Å². The van der Waals surface area contributed by atoms with Gasteiger partial charge in [0, 0.05) is 11.6 Å². The number of ether oxygens (including phenoxy) is 2. The lowest BCUT2D eigenvalue weighted by Crippen LogP contribution is -2.40. The molecule has 2 aliphatic rings. The smallest absolute Gasteiger partial charge is 0.295 e. The number of rotatable bonds is 7. The molecule has 2 aromatic carbocycles. The van der Waals surface area contributed by atoms with Gasteiger partial charge in [0.15, 0.2) is 0 Å². The number of methoxy groups -OCH3 is 1. The molecule has 2 aromatic rings. The highest BCUT2D eigenvalue weighted by molar-refractivity contribution is 6.46. The molecule has 1 unspecified atom stereocenters. The first-order valence-electron chi connectivity index (χ1n) is 11.7. The molecule has 6 nitrogen and oxygen atoms in total. The van der Waals surface area contributed by atoms with Gasteiger partial charge in [-0.05, 0) is 61.2 Å². The summed E-state index contributed by atoms with van der Waals surface area (Å²) in [5.74, 6) is 0.0608. The second-order valence-corrected chi connectivity index (χ2v) is 8.64. The molecule has 0 aromatic heterocycles. The average molecular weight is 450 g/mol. The van der Waals surface area contributed by atoms with Crippen LogP contribution in [0.15, 0.2) is 54.1 Å². The molecule has 1 aliphatic heterocycles. The van der Waals surface area contributed by atoms with E-state index in [9.17, 15) is 14.7 Å². The lowest BCUT2D eigenvalue weighted by Gasteiger charge is -2.35. The van der Waals surface area contributed by atoms with Crippen molar-refractivity contribution >= 4 is 17.4 Å². The predicted molar refractivity (Wildman–Crippen MR) is 126 cm³/mol. The van der Waals surface area contributed by atoms with Crippen LogP contribution >= 0.6 is 0 Å². The molecule has 2 fully saturated rings. The maximum absolute atomic E-state index is 13.2. The minimum absolute atomic E-state index is 0.0163. The summed E-state index contributed by atoms with van der Waals surface area (Å²) in [4.78, 5) is 28.1. The van der Waals surface area contributed by atoms with Crippen molar-refractivity contribution in [3.8, 4) is 11.5 Å². The Kier molecular flexibility index (Phi) is 7.02. The molecule has 1 amide bonds. The first kappa shape index (κ1) is 22.9. The zero-order valence-corrected chi connectivity index (χ0v) is 19.3. The van der Waals surface area contributed by atoms with E-state index >= 15 is 0 Å². The number of aliphatic hydroxyl groups excluding tert-OH is 1. The fraction of sp³-hybridized carbons (Fsp3) is 0.407. The second kappa shape index (κ2) is 10.1. The van der Waals surface area contributed by atoms with Gasteiger partial charge in [0.2, 0.25) is 0 Å². The molecule has 0 radical (unpaired) electrons. The van der Waals surface area contributed by atoms with Gasteiger partial charge in [-0.15, -0.1) is 0 Å². The zero-order valence-electron chi connectivity index (χ0n) is 19.3. The van der Waals surface area contributed by atoms with Gasteiger partial charge in [0.05, 0.1) is 25.3 Å². The van der Waals surface area contributed by atoms with Crippen LogP contribution in [0.1, 0.15) is 62.6 Å². The molecule has 0 spiro atoms. The fourth-order valence-electron chi connectivity index (χ4n) is 4.78. The number of nitrogens with zero attached hydrogens (tertiary/aromatic N) is 1. The van der Waals surface area contributed by atoms with Crippen molar-refractivity contribution in [1.29, 1.82) is 0 Å². The van der Waals surface area contributed by atoms with Crippen LogP contribution in [0.25, 0.3) is 5.76 Å². The molecule has 174 valence electrons. The van der Waals surface area contributed by atoms with Gasteiger partial charge in [0.25, 0.3) is 11.7 Å². The molecule has 6 heteroatoms. The van der Waals surface area contributed by atoms with Crippen molar-refractivity contribution < 1.29 is 24.2 Å². The van der Waals surface area contributed by atoms with Crippen LogP contribution in [0.3, 0.4) is 0 Å². The molecule has 0 bridgehead atoms. The maximum atomic E-state index is 13.2. The zero-order chi connectivity index (χ0) is 23.4. The van der Waals surface area contributed by atoms with E-state index in [4.69, 9.17) is 9.47 Å². The van der Waals surface area contributed by atoms with Gasteiger partial charge < -0.3 is 19.5 Å². The third-order valence-electron chi connectivity index (χ3n) is 6.48. The van der Waals surface area contributed by atoms with Crippen LogP contribution in [-0.4, -0.2) is 41.5 Å². The second-order valence-electron chi connectivity index (χ2n) is 8.64. The van der Waals surface area contributed by atoms with Crippen molar-refractivity contribution in [2.24, 2.45) is 0 Å². The number of hydrogen-bond donors (Lipinski definition) is 1. The normalized spacial score (nSPS) is 20.8. The molecule has 4 rings (SSSR count). The lowest BCUT2D eigenvalue weighted by atomic mass is 9.91. The number of ketones is 1. The predicted octanol–water partition coefficient (Wildman–Crippen LogP) is 5.24. The van der Waals surface area contributed by atoms with E-state index in [1.54, 1.807) is 36.3 Å². The van der Waals surface area contributed by atoms with Crippen LogP contribution in [0, 0.1) is 0 Å². The van der Waals surface area contributed by atoms with Crippen LogP contribution in [0.4, 0.5) is 0 Å². The maximum Gasteiger partial charge on any atom is 0.295 e. The van der Waals surface area contributed by atoms with Crippen molar-refractivity contribution in [2.75, 3.05) is 13.7 Å². The summed E-state index contributed by atoms with van der Waals surface area (Å²) in [6, 6.07) is 13.7. The van der Waals surface area contributed by atoms with Gasteiger partial charge in [-0.3, -0.25) is 9.59 Å². The number of carbonyl (C=O) groups is 2. The Hall–Kier alpha value is -3.28. The Bertz CT molecular complexity index is 1020. The average Bonchev–Trinajstić information content (AvgIpc) is 3.13. The van der Waals surface area contributed by atoms with Gasteiger partial charge in [-0.25, -0.2) is 0 Å². The highest BCUT2D eigenvalue weighted by Gasteiger charge is 2.48. The van der Waals surface area contributed by atoms with E-state index in [1.807, 2.05) is 31.2 Å². The minimum atomic E-state index is -0.634. The first-order chi connectivity index (χ1) is 16.0. The molecule has 1 atom stereocenters. The standard InChI is InChI=1S/C27H31NO5/c1-3-17-33-22-15-11-19(12-16-22)25(29)23-24(18-9-13-21(32-2)14-10-18)28(27(31)26(23)30)20-7-5-4-6-8-20/h9-16,20,24,29H,3-8,17H2,1-2H3/b25-23-. The topological polar surface area (TPSA) is 76.1 Å². The van der Waals surface area contributed by atoms with Crippen LogP contribution in [-0.2, 0) is 9.59 Å². The highest BCUT2D eigenvalue weighted by atomic mass is 16.5. The van der Waals surface area contributed by atoms with E-state index in [2.05, 4.69) is 0 Å². The molecule has 1 saturated heterocycles. The van der Waals surface area contributed by atoms with Gasteiger partial charge >= 0.3 is 0 Å². The van der Waals surface area contributed by atoms with Gasteiger partial charge in [-0.1, -0.05) is 38.3 Å². The molecule has 33 heavy (non-hydrogen) atoms. The number of Topliss-reactive ketones (excluding diaryl/α,β-unsaturated/α-hetero) is 1. The van der Waals surface area contributed by atoms with Crippen molar-refractivity contribution in [2.45, 2.75) is 57.5 Å². The quantitative estimate of drug-likeness (QED) is 0.355. The van der Waals surface area contributed by atoms with E-state index in [-0.39, 0.29) is 17.4 Å². The van der Waals surface area contributed by atoms with Gasteiger partial charge in [0.1, 0.15) is 17.3 Å². The van der Waals surface area contributed by atoms with Gasteiger partial charge in [-0.2, -0.15) is 0 Å². The van der Waals surface area contributed by atoms with Crippen molar-refractivity contribution in [3.05, 3.63) is 65.2 Å².